The standard InChI is InChI=1S/C16H14F9NO3/c1-28-11(16(23,24)25)5-10-6-12(27)29-13(26-10)7-2-8(14(17,18)19)4-9(3-7)15(20,21)22/h2-4,10-12,27H,5-6H2,1H3. The van der Waals surface area contributed by atoms with Crippen molar-refractivity contribution in [1.29, 1.82) is 0 Å². The van der Waals surface area contributed by atoms with E-state index >= 15 is 0 Å². The monoisotopic (exact) mass is 439 g/mol. The van der Waals surface area contributed by atoms with Gasteiger partial charge in [0.1, 0.15) is 0 Å². The quantitative estimate of drug-likeness (QED) is 0.701. The van der Waals surface area contributed by atoms with Crippen molar-refractivity contribution in [2.24, 2.45) is 4.99 Å². The second-order valence-electron chi connectivity index (χ2n) is 6.19. The number of alkyl halides is 9. The van der Waals surface area contributed by atoms with Gasteiger partial charge in [0.05, 0.1) is 17.2 Å². The van der Waals surface area contributed by atoms with Crippen LogP contribution in [-0.4, -0.2) is 42.7 Å². The summed E-state index contributed by atoms with van der Waals surface area (Å²) in [5.41, 5.74) is -4.09. The van der Waals surface area contributed by atoms with E-state index in [1.165, 1.54) is 0 Å². The molecule has 0 saturated heterocycles. The van der Waals surface area contributed by atoms with Crippen LogP contribution in [0.1, 0.15) is 29.5 Å². The summed E-state index contributed by atoms with van der Waals surface area (Å²) in [6.07, 6.45) is -20.4. The average molecular weight is 439 g/mol. The fourth-order valence-electron chi connectivity index (χ4n) is 2.64. The van der Waals surface area contributed by atoms with Gasteiger partial charge in [-0.1, -0.05) is 0 Å². The Hall–Kier alpha value is -2.02. The molecule has 0 amide bonds. The highest BCUT2D eigenvalue weighted by Crippen LogP contribution is 2.37. The number of halogens is 9. The van der Waals surface area contributed by atoms with E-state index in [9.17, 15) is 44.6 Å². The highest BCUT2D eigenvalue weighted by Gasteiger charge is 2.43. The third kappa shape index (κ3) is 5.98. The molecule has 0 saturated carbocycles. The number of hydrogen-bond donors (Lipinski definition) is 1. The van der Waals surface area contributed by atoms with E-state index in [1.807, 2.05) is 0 Å². The number of ether oxygens (including phenoxy) is 2. The van der Waals surface area contributed by atoms with E-state index in [2.05, 4.69) is 9.73 Å². The molecular formula is C16H14F9NO3. The number of aliphatic hydroxyl groups excluding tert-OH is 1. The summed E-state index contributed by atoms with van der Waals surface area (Å²) in [7, 11) is 0.779. The molecule has 0 bridgehead atoms. The van der Waals surface area contributed by atoms with Crippen LogP contribution in [0.2, 0.25) is 0 Å². The highest BCUT2D eigenvalue weighted by molar-refractivity contribution is 5.95. The number of nitrogens with zero attached hydrogens (tertiary/aromatic N) is 1. The fraction of sp³-hybridized carbons (Fsp3) is 0.562. The minimum absolute atomic E-state index is 0.120. The lowest BCUT2D eigenvalue weighted by atomic mass is 10.0. The first-order chi connectivity index (χ1) is 13.1. The Morgan fingerprint density at radius 2 is 1.55 bits per heavy atom. The molecule has 1 aromatic rings. The highest BCUT2D eigenvalue weighted by atomic mass is 19.4. The van der Waals surface area contributed by atoms with Gasteiger partial charge in [0.15, 0.2) is 6.10 Å². The predicted molar refractivity (Wildman–Crippen MR) is 79.9 cm³/mol. The molecule has 2 rings (SSSR count). The Bertz CT molecular complexity index is 723. The fourth-order valence-corrected chi connectivity index (χ4v) is 2.64. The summed E-state index contributed by atoms with van der Waals surface area (Å²) in [6, 6.07) is -0.823. The number of methoxy groups -OCH3 is 1. The lowest BCUT2D eigenvalue weighted by molar-refractivity contribution is -0.216. The van der Waals surface area contributed by atoms with Crippen LogP contribution < -0.4 is 0 Å². The van der Waals surface area contributed by atoms with Gasteiger partial charge >= 0.3 is 18.5 Å². The summed E-state index contributed by atoms with van der Waals surface area (Å²) >= 11 is 0. The van der Waals surface area contributed by atoms with Crippen molar-refractivity contribution >= 4 is 5.90 Å². The Balaban J connectivity index is 2.47. The van der Waals surface area contributed by atoms with Crippen molar-refractivity contribution in [3.63, 3.8) is 0 Å². The van der Waals surface area contributed by atoms with Gasteiger partial charge in [0.2, 0.25) is 12.2 Å². The maximum atomic E-state index is 13.0. The molecular weight excluding hydrogens is 425 g/mol. The van der Waals surface area contributed by atoms with Crippen LogP contribution in [0, 0.1) is 0 Å². The summed E-state index contributed by atoms with van der Waals surface area (Å²) in [5.74, 6) is -0.831. The predicted octanol–water partition coefficient (Wildman–Crippen LogP) is 4.55. The van der Waals surface area contributed by atoms with E-state index in [1.54, 1.807) is 0 Å². The largest absolute Gasteiger partial charge is 0.448 e. The third-order valence-corrected chi connectivity index (χ3v) is 3.99. The van der Waals surface area contributed by atoms with Gasteiger partial charge in [-0.2, -0.15) is 39.5 Å². The van der Waals surface area contributed by atoms with E-state index < -0.39 is 72.4 Å². The number of aliphatic imine (C=N–C) groups is 1. The van der Waals surface area contributed by atoms with Gasteiger partial charge in [-0.05, 0) is 18.2 Å². The average Bonchev–Trinajstić information content (AvgIpc) is 2.56. The maximum Gasteiger partial charge on any atom is 0.416 e. The first-order valence-corrected chi connectivity index (χ1v) is 7.93. The molecule has 0 radical (unpaired) electrons. The molecule has 0 aliphatic carbocycles. The van der Waals surface area contributed by atoms with Crippen LogP contribution in [-0.2, 0) is 21.8 Å². The smallest absolute Gasteiger partial charge is 0.416 e. The molecule has 0 fully saturated rings. The van der Waals surface area contributed by atoms with Crippen LogP contribution in [0.15, 0.2) is 23.2 Å². The summed E-state index contributed by atoms with van der Waals surface area (Å²) in [5, 5.41) is 9.69. The normalized spacial score (nSPS) is 22.1. The summed E-state index contributed by atoms with van der Waals surface area (Å²) < 4.78 is 125. The van der Waals surface area contributed by atoms with Gasteiger partial charge in [0.25, 0.3) is 0 Å². The van der Waals surface area contributed by atoms with Crippen molar-refractivity contribution < 1.29 is 54.1 Å². The topological polar surface area (TPSA) is 51.0 Å². The molecule has 1 N–H and O–H groups in total. The Labute approximate surface area is 157 Å². The van der Waals surface area contributed by atoms with Gasteiger partial charge in [0, 0.05) is 25.5 Å². The van der Waals surface area contributed by atoms with Gasteiger partial charge in [-0.25, -0.2) is 4.99 Å². The molecule has 0 aromatic heterocycles. The number of aliphatic hydroxyl groups is 1. The number of benzene rings is 1. The molecule has 1 heterocycles. The Morgan fingerprint density at radius 1 is 1.03 bits per heavy atom. The van der Waals surface area contributed by atoms with E-state index in [0.29, 0.717) is 12.1 Å². The molecule has 3 unspecified atom stereocenters. The zero-order chi connectivity index (χ0) is 22.2. The first kappa shape index (κ1) is 23.3. The Morgan fingerprint density at radius 3 is 1.97 bits per heavy atom. The lowest BCUT2D eigenvalue weighted by Crippen LogP contribution is -2.38. The zero-order valence-electron chi connectivity index (χ0n) is 14.5. The van der Waals surface area contributed by atoms with Crippen molar-refractivity contribution in [3.05, 3.63) is 34.9 Å². The van der Waals surface area contributed by atoms with E-state index in [-0.39, 0.29) is 6.07 Å². The van der Waals surface area contributed by atoms with Crippen molar-refractivity contribution in [2.45, 2.75) is 49.8 Å². The van der Waals surface area contributed by atoms with Crippen LogP contribution in [0.3, 0.4) is 0 Å². The molecule has 29 heavy (non-hydrogen) atoms. The second-order valence-corrected chi connectivity index (χ2v) is 6.19. The molecule has 3 atom stereocenters. The van der Waals surface area contributed by atoms with Crippen molar-refractivity contribution in [3.8, 4) is 0 Å². The molecule has 1 aliphatic rings. The minimum Gasteiger partial charge on any atom is -0.448 e. The minimum atomic E-state index is -5.14. The Kier molecular flexibility index (Phi) is 6.43. The zero-order valence-corrected chi connectivity index (χ0v) is 14.5. The van der Waals surface area contributed by atoms with Gasteiger partial charge in [-0.15, -0.1) is 0 Å². The molecule has 1 aliphatic heterocycles. The third-order valence-electron chi connectivity index (χ3n) is 3.99. The first-order valence-electron chi connectivity index (χ1n) is 7.93. The molecule has 13 heteroatoms. The van der Waals surface area contributed by atoms with E-state index in [4.69, 9.17) is 4.74 Å². The van der Waals surface area contributed by atoms with Gasteiger partial charge < -0.3 is 14.6 Å². The number of rotatable bonds is 4. The van der Waals surface area contributed by atoms with Crippen LogP contribution in [0.5, 0.6) is 0 Å². The maximum absolute atomic E-state index is 13.0. The summed E-state index contributed by atoms with van der Waals surface area (Å²) in [6.45, 7) is 0. The summed E-state index contributed by atoms with van der Waals surface area (Å²) in [4.78, 5) is 3.67. The molecule has 164 valence electrons. The second kappa shape index (κ2) is 8.01. The number of hydrogen-bond acceptors (Lipinski definition) is 4. The van der Waals surface area contributed by atoms with Gasteiger partial charge in [-0.3, -0.25) is 0 Å². The SMILES string of the molecule is COC(CC1CC(O)OC(c2cc(C(F)(F)F)cc(C(F)(F)F)c2)=N1)C(F)(F)F. The molecule has 0 spiro atoms. The van der Waals surface area contributed by atoms with Crippen LogP contribution in [0.4, 0.5) is 39.5 Å². The van der Waals surface area contributed by atoms with E-state index in [0.717, 1.165) is 7.11 Å². The van der Waals surface area contributed by atoms with Crippen LogP contribution in [0.25, 0.3) is 0 Å². The van der Waals surface area contributed by atoms with Crippen molar-refractivity contribution in [2.75, 3.05) is 7.11 Å². The van der Waals surface area contributed by atoms with Crippen molar-refractivity contribution in [1.82, 2.24) is 0 Å². The molecule has 1 aromatic carbocycles. The lowest BCUT2D eigenvalue weighted by Gasteiger charge is -2.29. The molecule has 4 nitrogen and oxygen atoms in total. The van der Waals surface area contributed by atoms with Crippen LogP contribution >= 0.6 is 0 Å².